The molecule has 3 aliphatic rings. The lowest BCUT2D eigenvalue weighted by Gasteiger charge is -2.33. The zero-order valence-corrected chi connectivity index (χ0v) is 12.7. The first-order valence-corrected chi connectivity index (χ1v) is 7.79. The van der Waals surface area contributed by atoms with Gasteiger partial charge < -0.3 is 19.3 Å². The van der Waals surface area contributed by atoms with Crippen molar-refractivity contribution in [1.82, 2.24) is 0 Å². The SMILES string of the molecule is COC1(OC)C2CCC1C1CC(OC(=O)O)/C=C/CCC12. The van der Waals surface area contributed by atoms with E-state index in [1.165, 1.54) is 0 Å². The zero-order valence-electron chi connectivity index (χ0n) is 12.7. The standard InChI is InChI=1S/C16H24O5/c1-19-16(20-2)13-7-8-14(16)12-9-10(21-15(17)18)5-3-4-6-11(12)13/h3,5,10-14H,4,6-9H2,1-2H3,(H,17,18)/b5-3+. The Morgan fingerprint density at radius 1 is 1.14 bits per heavy atom. The Kier molecular flexibility index (Phi) is 3.97. The third-order valence-electron chi connectivity index (χ3n) is 5.82. The highest BCUT2D eigenvalue weighted by Crippen LogP contribution is 2.62. The molecule has 0 heterocycles. The summed E-state index contributed by atoms with van der Waals surface area (Å²) >= 11 is 0. The molecule has 5 heteroatoms. The van der Waals surface area contributed by atoms with Gasteiger partial charge >= 0.3 is 6.16 Å². The Morgan fingerprint density at radius 3 is 2.43 bits per heavy atom. The van der Waals surface area contributed by atoms with Crippen molar-refractivity contribution in [3.63, 3.8) is 0 Å². The molecule has 0 amide bonds. The summed E-state index contributed by atoms with van der Waals surface area (Å²) < 4.78 is 16.7. The first-order chi connectivity index (χ1) is 10.1. The summed E-state index contributed by atoms with van der Waals surface area (Å²) in [5.74, 6) is 1.23. The van der Waals surface area contributed by atoms with Crippen molar-refractivity contribution in [2.45, 2.75) is 44.0 Å². The average molecular weight is 296 g/mol. The summed E-state index contributed by atoms with van der Waals surface area (Å²) in [6.45, 7) is 0. The Balaban J connectivity index is 1.85. The van der Waals surface area contributed by atoms with Crippen LogP contribution in [0.3, 0.4) is 0 Å². The Hall–Kier alpha value is -1.07. The lowest BCUT2D eigenvalue weighted by atomic mass is 9.73. The molecule has 3 aliphatic carbocycles. The molecule has 2 fully saturated rings. The molecule has 2 saturated carbocycles. The molecule has 5 nitrogen and oxygen atoms in total. The fourth-order valence-electron chi connectivity index (χ4n) is 5.20. The molecule has 5 unspecified atom stereocenters. The van der Waals surface area contributed by atoms with Crippen molar-refractivity contribution in [3.05, 3.63) is 12.2 Å². The highest BCUT2D eigenvalue weighted by Gasteiger charge is 2.64. The highest BCUT2D eigenvalue weighted by molar-refractivity contribution is 5.57. The van der Waals surface area contributed by atoms with Crippen LogP contribution in [-0.4, -0.2) is 37.4 Å². The number of hydrogen-bond acceptors (Lipinski definition) is 4. The molecule has 0 saturated heterocycles. The van der Waals surface area contributed by atoms with Crippen LogP contribution >= 0.6 is 0 Å². The van der Waals surface area contributed by atoms with Gasteiger partial charge in [-0.1, -0.05) is 6.08 Å². The van der Waals surface area contributed by atoms with E-state index in [1.807, 2.05) is 6.08 Å². The minimum absolute atomic E-state index is 0.342. The smallest absolute Gasteiger partial charge is 0.450 e. The third-order valence-corrected chi connectivity index (χ3v) is 5.82. The number of fused-ring (bicyclic) bond motifs is 5. The molecule has 0 radical (unpaired) electrons. The summed E-state index contributed by atoms with van der Waals surface area (Å²) in [5, 5.41) is 8.89. The molecule has 118 valence electrons. The molecule has 3 rings (SSSR count). The molecule has 0 aliphatic heterocycles. The van der Waals surface area contributed by atoms with Crippen LogP contribution in [0.15, 0.2) is 12.2 Å². The topological polar surface area (TPSA) is 65.0 Å². The number of methoxy groups -OCH3 is 2. The Morgan fingerprint density at radius 2 is 1.81 bits per heavy atom. The van der Waals surface area contributed by atoms with Crippen molar-refractivity contribution < 1.29 is 24.1 Å². The van der Waals surface area contributed by atoms with Crippen molar-refractivity contribution in [1.29, 1.82) is 0 Å². The van der Waals surface area contributed by atoms with Gasteiger partial charge in [-0.05, 0) is 50.0 Å². The van der Waals surface area contributed by atoms with Crippen LogP contribution in [0.25, 0.3) is 0 Å². The molecule has 2 bridgehead atoms. The average Bonchev–Trinajstić information content (AvgIpc) is 2.90. The van der Waals surface area contributed by atoms with E-state index in [0.717, 1.165) is 32.1 Å². The number of hydrogen-bond donors (Lipinski definition) is 1. The van der Waals surface area contributed by atoms with Gasteiger partial charge in [0.2, 0.25) is 0 Å². The van der Waals surface area contributed by atoms with Crippen LogP contribution in [0.5, 0.6) is 0 Å². The van der Waals surface area contributed by atoms with Gasteiger partial charge in [-0.2, -0.15) is 0 Å². The first-order valence-electron chi connectivity index (χ1n) is 7.79. The lowest BCUT2D eigenvalue weighted by Crippen LogP contribution is -2.40. The van der Waals surface area contributed by atoms with Crippen molar-refractivity contribution in [2.75, 3.05) is 14.2 Å². The molecule has 5 atom stereocenters. The van der Waals surface area contributed by atoms with Gasteiger partial charge in [0.15, 0.2) is 5.79 Å². The summed E-state index contributed by atoms with van der Waals surface area (Å²) in [5.41, 5.74) is 0. The van der Waals surface area contributed by atoms with Gasteiger partial charge in [-0.3, -0.25) is 0 Å². The Labute approximate surface area is 125 Å². The number of rotatable bonds is 3. The summed E-state index contributed by atoms with van der Waals surface area (Å²) in [4.78, 5) is 10.9. The maximum atomic E-state index is 10.9. The summed E-state index contributed by atoms with van der Waals surface area (Å²) in [6, 6.07) is 0. The van der Waals surface area contributed by atoms with Gasteiger partial charge in [0.05, 0.1) is 0 Å². The van der Waals surface area contributed by atoms with E-state index in [9.17, 15) is 4.79 Å². The second-order valence-corrected chi connectivity index (χ2v) is 6.41. The van der Waals surface area contributed by atoms with Crippen molar-refractivity contribution in [3.8, 4) is 0 Å². The van der Waals surface area contributed by atoms with Crippen LogP contribution < -0.4 is 0 Å². The number of carboxylic acid groups (broad SMARTS) is 1. The molecule has 0 aromatic rings. The van der Waals surface area contributed by atoms with Crippen LogP contribution in [0, 0.1) is 23.7 Å². The second-order valence-electron chi connectivity index (χ2n) is 6.41. The maximum Gasteiger partial charge on any atom is 0.506 e. The number of carbonyl (C=O) groups is 1. The molecular formula is C16H24O5. The van der Waals surface area contributed by atoms with E-state index >= 15 is 0 Å². The molecule has 1 N–H and O–H groups in total. The molecule has 21 heavy (non-hydrogen) atoms. The van der Waals surface area contributed by atoms with E-state index in [-0.39, 0.29) is 6.10 Å². The third kappa shape index (κ3) is 2.27. The van der Waals surface area contributed by atoms with Gasteiger partial charge in [0.25, 0.3) is 0 Å². The molecule has 0 aromatic carbocycles. The first kappa shape index (κ1) is 14.9. The fourth-order valence-corrected chi connectivity index (χ4v) is 5.20. The zero-order chi connectivity index (χ0) is 15.0. The largest absolute Gasteiger partial charge is 0.506 e. The van der Waals surface area contributed by atoms with Gasteiger partial charge in [0.1, 0.15) is 6.10 Å². The van der Waals surface area contributed by atoms with E-state index < -0.39 is 11.9 Å². The normalized spacial score (nSPS) is 41.9. The lowest BCUT2D eigenvalue weighted by molar-refractivity contribution is -0.239. The summed E-state index contributed by atoms with van der Waals surface area (Å²) in [7, 11) is 3.47. The van der Waals surface area contributed by atoms with E-state index in [0.29, 0.717) is 23.7 Å². The van der Waals surface area contributed by atoms with Crippen LogP contribution in [-0.2, 0) is 14.2 Å². The maximum absolute atomic E-state index is 10.9. The van der Waals surface area contributed by atoms with Crippen molar-refractivity contribution in [2.24, 2.45) is 23.7 Å². The minimum atomic E-state index is -1.20. The molecule has 0 spiro atoms. The number of allylic oxidation sites excluding steroid dienone is 1. The van der Waals surface area contributed by atoms with Gasteiger partial charge in [0, 0.05) is 26.1 Å². The predicted octanol–water partition coefficient (Wildman–Crippen LogP) is 3.05. The monoisotopic (exact) mass is 296 g/mol. The number of ether oxygens (including phenoxy) is 3. The molecule has 0 aromatic heterocycles. The van der Waals surface area contributed by atoms with E-state index in [1.54, 1.807) is 14.2 Å². The van der Waals surface area contributed by atoms with Crippen LogP contribution in [0.4, 0.5) is 4.79 Å². The van der Waals surface area contributed by atoms with Crippen LogP contribution in [0.2, 0.25) is 0 Å². The van der Waals surface area contributed by atoms with E-state index in [4.69, 9.17) is 19.3 Å². The van der Waals surface area contributed by atoms with Crippen LogP contribution in [0.1, 0.15) is 32.1 Å². The predicted molar refractivity (Wildman–Crippen MR) is 75.8 cm³/mol. The Bertz CT molecular complexity index is 428. The summed E-state index contributed by atoms with van der Waals surface area (Å²) in [6.07, 6.45) is 7.47. The van der Waals surface area contributed by atoms with Crippen molar-refractivity contribution >= 4 is 6.16 Å². The van der Waals surface area contributed by atoms with Gasteiger partial charge in [-0.25, -0.2) is 4.79 Å². The second kappa shape index (κ2) is 5.61. The molecular weight excluding hydrogens is 272 g/mol. The fraction of sp³-hybridized carbons (Fsp3) is 0.812. The highest BCUT2D eigenvalue weighted by atomic mass is 16.7. The quantitative estimate of drug-likeness (QED) is 0.492. The van der Waals surface area contributed by atoms with Gasteiger partial charge in [-0.15, -0.1) is 0 Å². The minimum Gasteiger partial charge on any atom is -0.450 e. The van der Waals surface area contributed by atoms with E-state index in [2.05, 4.69) is 6.08 Å².